The maximum atomic E-state index is 12.7. The van der Waals surface area contributed by atoms with Gasteiger partial charge >= 0.3 is 6.18 Å². The topological polar surface area (TPSA) is 79.8 Å². The molecule has 0 aliphatic rings. The molecule has 0 aromatic carbocycles. The molecule has 0 atom stereocenters. The van der Waals surface area contributed by atoms with Crippen molar-refractivity contribution in [1.82, 2.24) is 19.5 Å². The molecule has 0 spiro atoms. The number of hydrogen-bond donors (Lipinski definition) is 2. The van der Waals surface area contributed by atoms with Gasteiger partial charge in [-0.05, 0) is 0 Å². The predicted molar refractivity (Wildman–Crippen MR) is 69.3 cm³/mol. The van der Waals surface area contributed by atoms with E-state index < -0.39 is 29.8 Å². The van der Waals surface area contributed by atoms with E-state index in [1.54, 1.807) is 0 Å². The molecule has 0 bridgehead atoms. The molecule has 0 aliphatic carbocycles. The van der Waals surface area contributed by atoms with Crippen molar-refractivity contribution in [2.45, 2.75) is 12.7 Å². The second-order valence-corrected chi connectivity index (χ2v) is 5.18. The van der Waals surface area contributed by atoms with E-state index in [0.717, 1.165) is 4.68 Å². The molecule has 0 fully saturated rings. The lowest BCUT2D eigenvalue weighted by Crippen LogP contribution is -2.25. The van der Waals surface area contributed by atoms with Gasteiger partial charge in [-0.1, -0.05) is 23.1 Å². The largest absolute Gasteiger partial charge is 0.419 e. The maximum Gasteiger partial charge on any atom is 0.419 e. The first-order valence-corrected chi connectivity index (χ1v) is 6.64. The summed E-state index contributed by atoms with van der Waals surface area (Å²) >= 11 is 6.32. The summed E-state index contributed by atoms with van der Waals surface area (Å²) in [5.74, 6) is -0.738. The molecule has 11 heteroatoms. The third-order valence-electron chi connectivity index (χ3n) is 2.63. The van der Waals surface area contributed by atoms with Gasteiger partial charge < -0.3 is 5.32 Å². The molecular weight excluding hydrogens is 333 g/mol. The molecule has 0 radical (unpaired) electrons. The second kappa shape index (κ2) is 5.53. The van der Waals surface area contributed by atoms with Gasteiger partial charge in [0.1, 0.15) is 9.90 Å². The van der Waals surface area contributed by atoms with E-state index in [-0.39, 0.29) is 15.6 Å². The summed E-state index contributed by atoms with van der Waals surface area (Å²) in [5, 5.41) is 5.50. The highest BCUT2D eigenvalue weighted by molar-refractivity contribution is 7.08. The van der Waals surface area contributed by atoms with Crippen LogP contribution in [0.5, 0.6) is 0 Å². The fourth-order valence-corrected chi connectivity index (χ4v) is 2.54. The molecule has 2 N–H and O–H groups in total. The number of nitrogens with one attached hydrogen (secondary N) is 2. The van der Waals surface area contributed by atoms with Gasteiger partial charge in [-0.25, -0.2) is 0 Å². The van der Waals surface area contributed by atoms with Crippen LogP contribution in [0.1, 0.15) is 20.9 Å². The fraction of sp³-hybridized carbons (Fsp3) is 0.300. The number of H-pyrrole nitrogens is 1. The van der Waals surface area contributed by atoms with Gasteiger partial charge in [-0.2, -0.15) is 18.3 Å². The Morgan fingerprint density at radius 2 is 2.24 bits per heavy atom. The number of alkyl halides is 3. The van der Waals surface area contributed by atoms with Crippen LogP contribution in [-0.2, 0) is 19.8 Å². The maximum absolute atomic E-state index is 12.7. The Morgan fingerprint density at radius 3 is 2.76 bits per heavy atom. The van der Waals surface area contributed by atoms with Crippen LogP contribution in [0, 0.1) is 0 Å². The average molecular weight is 341 g/mol. The second-order valence-electron chi connectivity index (χ2n) is 3.99. The van der Waals surface area contributed by atoms with E-state index in [4.69, 9.17) is 11.6 Å². The highest BCUT2D eigenvalue weighted by Crippen LogP contribution is 2.31. The Balaban J connectivity index is 2.17. The van der Waals surface area contributed by atoms with E-state index in [2.05, 4.69) is 14.8 Å². The van der Waals surface area contributed by atoms with Gasteiger partial charge in [0.15, 0.2) is 0 Å². The summed E-state index contributed by atoms with van der Waals surface area (Å²) in [6.45, 7) is -0.396. The summed E-state index contributed by atoms with van der Waals surface area (Å²) in [6, 6.07) is 0. The van der Waals surface area contributed by atoms with Gasteiger partial charge in [0.2, 0.25) is 0 Å². The minimum absolute atomic E-state index is 0.0857. The van der Waals surface area contributed by atoms with Crippen molar-refractivity contribution in [2.75, 3.05) is 0 Å². The molecule has 21 heavy (non-hydrogen) atoms. The molecule has 6 nitrogen and oxygen atoms in total. The first-order valence-electron chi connectivity index (χ1n) is 5.45. The van der Waals surface area contributed by atoms with Crippen LogP contribution in [0.15, 0.2) is 11.0 Å². The predicted octanol–water partition coefficient (Wildman–Crippen LogP) is 1.77. The van der Waals surface area contributed by atoms with Crippen LogP contribution in [0.3, 0.4) is 0 Å². The number of hydrogen-bond acceptors (Lipinski definition) is 4. The molecule has 2 heterocycles. The summed E-state index contributed by atoms with van der Waals surface area (Å²) in [5.41, 5.74) is -1.75. The Morgan fingerprint density at radius 1 is 1.57 bits per heavy atom. The third kappa shape index (κ3) is 3.10. The molecule has 2 aromatic rings. The van der Waals surface area contributed by atoms with Crippen LogP contribution in [-0.4, -0.2) is 20.1 Å². The molecule has 0 saturated carbocycles. The number of rotatable bonds is 3. The summed E-state index contributed by atoms with van der Waals surface area (Å²) < 4.78 is 41.5. The number of aromatic nitrogens is 3. The number of nitrogens with zero attached hydrogens (tertiary/aromatic N) is 2. The minimum Gasteiger partial charge on any atom is -0.346 e. The normalized spacial score (nSPS) is 11.7. The third-order valence-corrected chi connectivity index (χ3v) is 3.99. The number of halogens is 4. The number of amides is 1. The lowest BCUT2D eigenvalue weighted by Gasteiger charge is -2.09. The summed E-state index contributed by atoms with van der Waals surface area (Å²) in [6.07, 6.45) is -3.88. The molecule has 2 rings (SSSR count). The van der Waals surface area contributed by atoms with Crippen molar-refractivity contribution in [3.63, 3.8) is 0 Å². The fourth-order valence-electron chi connectivity index (χ4n) is 1.59. The average Bonchev–Trinajstić information content (AvgIpc) is 2.91. The first kappa shape index (κ1) is 15.6. The van der Waals surface area contributed by atoms with Crippen molar-refractivity contribution in [3.05, 3.63) is 37.7 Å². The highest BCUT2D eigenvalue weighted by atomic mass is 35.5. The van der Waals surface area contributed by atoms with Crippen molar-refractivity contribution in [2.24, 2.45) is 7.05 Å². The number of carbonyl (C=O) groups excluding carboxylic acids is 1. The standard InChI is InChI=1S/C10H8ClF3N4O2S/c1-18-5(4(2-16-18)10(12,13)14)3-15-9(20)7-6(11)8(19)17-21-7/h2H,3H2,1H3,(H,15,20)(H,17,19). The van der Waals surface area contributed by atoms with E-state index >= 15 is 0 Å². The number of aromatic amines is 1. The Kier molecular flexibility index (Phi) is 4.10. The minimum atomic E-state index is -4.56. The van der Waals surface area contributed by atoms with Crippen LogP contribution >= 0.6 is 23.1 Å². The van der Waals surface area contributed by atoms with Crippen molar-refractivity contribution in [1.29, 1.82) is 0 Å². The lowest BCUT2D eigenvalue weighted by molar-refractivity contribution is -0.138. The van der Waals surface area contributed by atoms with Crippen molar-refractivity contribution in [3.8, 4) is 0 Å². The molecule has 0 unspecified atom stereocenters. The summed E-state index contributed by atoms with van der Waals surface area (Å²) in [4.78, 5) is 22.8. The number of aryl methyl sites for hydroxylation is 1. The van der Waals surface area contributed by atoms with Gasteiger partial charge in [-0.3, -0.25) is 18.6 Å². The molecule has 0 aliphatic heterocycles. The Bertz CT molecular complexity index is 733. The molecule has 0 saturated heterocycles. The van der Waals surface area contributed by atoms with E-state index in [1.165, 1.54) is 7.05 Å². The first-order chi connectivity index (χ1) is 9.71. The zero-order chi connectivity index (χ0) is 15.8. The molecular formula is C10H8ClF3N4O2S. The summed E-state index contributed by atoms with van der Waals surface area (Å²) in [7, 11) is 1.33. The van der Waals surface area contributed by atoms with Crippen molar-refractivity contribution >= 4 is 29.0 Å². The quantitative estimate of drug-likeness (QED) is 0.893. The van der Waals surface area contributed by atoms with Gasteiger partial charge in [0.05, 0.1) is 24.0 Å². The SMILES string of the molecule is Cn1ncc(C(F)(F)F)c1CNC(=O)c1s[nH]c(=O)c1Cl. The van der Waals surface area contributed by atoms with Crippen LogP contribution in [0.4, 0.5) is 13.2 Å². The van der Waals surface area contributed by atoms with Gasteiger partial charge in [0, 0.05) is 7.05 Å². The number of carbonyl (C=O) groups is 1. The van der Waals surface area contributed by atoms with E-state index in [9.17, 15) is 22.8 Å². The van der Waals surface area contributed by atoms with Crippen LogP contribution in [0.2, 0.25) is 5.02 Å². The zero-order valence-corrected chi connectivity index (χ0v) is 12.0. The van der Waals surface area contributed by atoms with Crippen molar-refractivity contribution < 1.29 is 18.0 Å². The molecule has 1 amide bonds. The van der Waals surface area contributed by atoms with Gasteiger partial charge in [0.25, 0.3) is 11.5 Å². The Hall–Kier alpha value is -1.81. The monoisotopic (exact) mass is 340 g/mol. The van der Waals surface area contributed by atoms with E-state index in [0.29, 0.717) is 17.7 Å². The van der Waals surface area contributed by atoms with Crippen LogP contribution < -0.4 is 10.9 Å². The smallest absolute Gasteiger partial charge is 0.346 e. The highest BCUT2D eigenvalue weighted by Gasteiger charge is 2.35. The molecule has 2 aromatic heterocycles. The molecule has 114 valence electrons. The lowest BCUT2D eigenvalue weighted by atomic mass is 10.2. The van der Waals surface area contributed by atoms with E-state index in [1.807, 2.05) is 0 Å². The Labute approximate surface area is 124 Å². The van der Waals surface area contributed by atoms with Crippen LogP contribution in [0.25, 0.3) is 0 Å². The zero-order valence-electron chi connectivity index (χ0n) is 10.4. The van der Waals surface area contributed by atoms with Gasteiger partial charge in [-0.15, -0.1) is 0 Å².